The zero-order chi connectivity index (χ0) is 14.3. The van der Waals surface area contributed by atoms with E-state index >= 15 is 0 Å². The summed E-state index contributed by atoms with van der Waals surface area (Å²) in [4.78, 5) is 2.24. The molecule has 0 spiro atoms. The van der Waals surface area contributed by atoms with E-state index in [9.17, 15) is 0 Å². The van der Waals surface area contributed by atoms with E-state index in [1.165, 1.54) is 5.56 Å². The van der Waals surface area contributed by atoms with Crippen molar-refractivity contribution in [3.8, 4) is 5.75 Å². The second kappa shape index (κ2) is 8.15. The van der Waals surface area contributed by atoms with Crippen LogP contribution < -0.4 is 10.5 Å². The molecule has 0 saturated heterocycles. The first-order valence-electron chi connectivity index (χ1n) is 6.72. The molecule has 2 atom stereocenters. The Kier molecular flexibility index (Phi) is 6.84. The van der Waals surface area contributed by atoms with Gasteiger partial charge < -0.3 is 15.2 Å². The van der Waals surface area contributed by atoms with Gasteiger partial charge in [-0.25, -0.2) is 0 Å². The maximum Gasteiger partial charge on any atom is 0.119 e. The fraction of sp³-hybridized carbons (Fsp3) is 0.600. The summed E-state index contributed by atoms with van der Waals surface area (Å²) >= 11 is 0. The zero-order valence-corrected chi connectivity index (χ0v) is 12.4. The molecule has 0 radical (unpaired) electrons. The van der Waals surface area contributed by atoms with Crippen molar-refractivity contribution in [1.82, 2.24) is 4.90 Å². The third kappa shape index (κ3) is 4.49. The molecule has 0 heterocycles. The van der Waals surface area contributed by atoms with Gasteiger partial charge in [0.05, 0.1) is 13.7 Å². The van der Waals surface area contributed by atoms with Crippen LogP contribution in [0, 0.1) is 0 Å². The molecule has 1 rings (SSSR count). The fourth-order valence-electron chi connectivity index (χ4n) is 2.25. The summed E-state index contributed by atoms with van der Waals surface area (Å²) in [6.07, 6.45) is 0.930. The molecule has 0 aliphatic heterocycles. The maximum atomic E-state index is 6.29. The minimum absolute atomic E-state index is 0.0916. The third-order valence-corrected chi connectivity index (χ3v) is 3.44. The monoisotopic (exact) mass is 266 g/mol. The lowest BCUT2D eigenvalue weighted by atomic mass is 9.96. The molecule has 19 heavy (non-hydrogen) atoms. The molecule has 0 aliphatic carbocycles. The summed E-state index contributed by atoms with van der Waals surface area (Å²) in [5.41, 5.74) is 7.48. The van der Waals surface area contributed by atoms with Crippen molar-refractivity contribution in [3.05, 3.63) is 29.8 Å². The molecule has 0 aliphatic rings. The highest BCUT2D eigenvalue weighted by molar-refractivity contribution is 5.31. The first-order chi connectivity index (χ1) is 9.13. The van der Waals surface area contributed by atoms with Crippen molar-refractivity contribution in [1.29, 1.82) is 0 Å². The van der Waals surface area contributed by atoms with Crippen LogP contribution in [0.25, 0.3) is 0 Å². The molecular weight excluding hydrogens is 240 g/mol. The molecule has 0 amide bonds. The average Bonchev–Trinajstić information content (AvgIpc) is 2.45. The number of ether oxygens (including phenoxy) is 2. The van der Waals surface area contributed by atoms with Crippen LogP contribution in [0.3, 0.4) is 0 Å². The van der Waals surface area contributed by atoms with E-state index in [2.05, 4.69) is 31.0 Å². The van der Waals surface area contributed by atoms with Crippen LogP contribution in [-0.2, 0) is 4.74 Å². The predicted octanol–water partition coefficient (Wildman–Crippen LogP) is 2.05. The summed E-state index contributed by atoms with van der Waals surface area (Å²) in [5.74, 6) is 0.867. The van der Waals surface area contributed by atoms with Crippen molar-refractivity contribution in [2.24, 2.45) is 5.73 Å². The predicted molar refractivity (Wildman–Crippen MR) is 78.5 cm³/mol. The van der Waals surface area contributed by atoms with Gasteiger partial charge in [-0.05, 0) is 31.2 Å². The number of methoxy groups -OCH3 is 2. The summed E-state index contributed by atoms with van der Waals surface area (Å²) in [7, 11) is 5.48. The highest BCUT2D eigenvalue weighted by atomic mass is 16.5. The van der Waals surface area contributed by atoms with E-state index < -0.39 is 0 Å². The Labute approximate surface area is 116 Å². The number of nitrogens with two attached hydrogens (primary N) is 1. The van der Waals surface area contributed by atoms with E-state index in [1.54, 1.807) is 14.2 Å². The van der Waals surface area contributed by atoms with Crippen molar-refractivity contribution in [2.75, 3.05) is 34.4 Å². The van der Waals surface area contributed by atoms with Gasteiger partial charge in [-0.2, -0.15) is 0 Å². The maximum absolute atomic E-state index is 6.29. The van der Waals surface area contributed by atoms with Gasteiger partial charge in [0.15, 0.2) is 0 Å². The van der Waals surface area contributed by atoms with E-state index in [0.29, 0.717) is 6.61 Å². The van der Waals surface area contributed by atoms with Gasteiger partial charge in [-0.15, -0.1) is 0 Å². The lowest BCUT2D eigenvalue weighted by Gasteiger charge is -2.32. The van der Waals surface area contributed by atoms with Gasteiger partial charge >= 0.3 is 0 Å². The topological polar surface area (TPSA) is 47.7 Å². The summed E-state index contributed by atoms with van der Waals surface area (Å²) in [6, 6.07) is 8.39. The molecule has 0 saturated carbocycles. The molecule has 1 aromatic rings. The van der Waals surface area contributed by atoms with Gasteiger partial charge in [0.1, 0.15) is 5.75 Å². The van der Waals surface area contributed by atoms with Crippen molar-refractivity contribution in [2.45, 2.75) is 25.4 Å². The Bertz CT molecular complexity index is 371. The van der Waals surface area contributed by atoms with Crippen LogP contribution in [0.2, 0.25) is 0 Å². The van der Waals surface area contributed by atoms with Crippen LogP contribution in [0.1, 0.15) is 24.9 Å². The number of likely N-dealkylation sites (N-methyl/N-ethyl adjacent to an activating group) is 1. The number of rotatable bonds is 8. The molecular formula is C15H26N2O2. The number of hydrogen-bond donors (Lipinski definition) is 1. The van der Waals surface area contributed by atoms with E-state index in [-0.39, 0.29) is 12.1 Å². The Balaban J connectivity index is 2.94. The summed E-state index contributed by atoms with van der Waals surface area (Å²) in [5, 5.41) is 0. The van der Waals surface area contributed by atoms with Crippen LogP contribution in [0.5, 0.6) is 5.75 Å². The minimum Gasteiger partial charge on any atom is -0.497 e. The lowest BCUT2D eigenvalue weighted by Crippen LogP contribution is -2.40. The molecule has 4 nitrogen and oxygen atoms in total. The number of nitrogens with zero attached hydrogens (tertiary/aromatic N) is 1. The second-order valence-electron chi connectivity index (χ2n) is 4.77. The molecule has 2 unspecified atom stereocenters. The Morgan fingerprint density at radius 3 is 2.63 bits per heavy atom. The van der Waals surface area contributed by atoms with Crippen molar-refractivity contribution < 1.29 is 9.47 Å². The molecule has 0 aromatic heterocycles. The summed E-state index contributed by atoms with van der Waals surface area (Å²) in [6.45, 7) is 3.67. The standard InChI is InChI=1S/C15H26N2O2/c1-5-14(16)15(17(2)9-10-18-3)12-7-6-8-13(11-12)19-4/h6-8,11,14-15H,5,9-10,16H2,1-4H3. The Morgan fingerprint density at radius 1 is 1.32 bits per heavy atom. The van der Waals surface area contributed by atoms with E-state index in [4.69, 9.17) is 15.2 Å². The Hall–Kier alpha value is -1.10. The minimum atomic E-state index is 0.0916. The first-order valence-corrected chi connectivity index (χ1v) is 6.72. The second-order valence-corrected chi connectivity index (χ2v) is 4.77. The molecule has 0 fully saturated rings. The van der Waals surface area contributed by atoms with Crippen LogP contribution in [-0.4, -0.2) is 45.4 Å². The van der Waals surface area contributed by atoms with Gasteiger partial charge in [0.2, 0.25) is 0 Å². The van der Waals surface area contributed by atoms with Gasteiger partial charge in [-0.1, -0.05) is 19.1 Å². The average molecular weight is 266 g/mol. The number of benzene rings is 1. The van der Waals surface area contributed by atoms with Crippen molar-refractivity contribution >= 4 is 0 Å². The highest BCUT2D eigenvalue weighted by Crippen LogP contribution is 2.26. The van der Waals surface area contributed by atoms with E-state index in [1.807, 2.05) is 12.1 Å². The van der Waals surface area contributed by atoms with Gasteiger partial charge in [0.25, 0.3) is 0 Å². The molecule has 108 valence electrons. The van der Waals surface area contributed by atoms with Crippen molar-refractivity contribution in [3.63, 3.8) is 0 Å². The number of hydrogen-bond acceptors (Lipinski definition) is 4. The lowest BCUT2D eigenvalue weighted by molar-refractivity contribution is 0.128. The normalized spacial score (nSPS) is 14.4. The quantitative estimate of drug-likeness (QED) is 0.782. The first kappa shape index (κ1) is 16.0. The zero-order valence-electron chi connectivity index (χ0n) is 12.4. The van der Waals surface area contributed by atoms with Gasteiger partial charge in [-0.3, -0.25) is 4.90 Å². The molecule has 1 aromatic carbocycles. The third-order valence-electron chi connectivity index (χ3n) is 3.44. The van der Waals surface area contributed by atoms with Crippen LogP contribution in [0.15, 0.2) is 24.3 Å². The molecule has 0 bridgehead atoms. The Morgan fingerprint density at radius 2 is 2.05 bits per heavy atom. The van der Waals surface area contributed by atoms with Crippen LogP contribution in [0.4, 0.5) is 0 Å². The van der Waals surface area contributed by atoms with Crippen LogP contribution >= 0.6 is 0 Å². The fourth-order valence-corrected chi connectivity index (χ4v) is 2.25. The van der Waals surface area contributed by atoms with E-state index in [0.717, 1.165) is 18.7 Å². The smallest absolute Gasteiger partial charge is 0.119 e. The highest BCUT2D eigenvalue weighted by Gasteiger charge is 2.23. The molecule has 2 N–H and O–H groups in total. The SMILES string of the molecule is CCC(N)C(c1cccc(OC)c1)N(C)CCOC. The van der Waals surface area contributed by atoms with Gasteiger partial charge in [0, 0.05) is 25.7 Å². The molecule has 4 heteroatoms. The largest absolute Gasteiger partial charge is 0.497 e. The summed E-state index contributed by atoms with van der Waals surface area (Å²) < 4.78 is 10.4.